The predicted octanol–water partition coefficient (Wildman–Crippen LogP) is 4.84. The van der Waals surface area contributed by atoms with Gasteiger partial charge < -0.3 is 25.6 Å². The smallest absolute Gasteiger partial charge is 0.414 e. The minimum absolute atomic E-state index is 0.0286. The number of ketones is 1. The van der Waals surface area contributed by atoms with Gasteiger partial charge >= 0.3 is 12.2 Å². The number of guanidine groups is 1. The molecule has 0 saturated carbocycles. The van der Waals surface area contributed by atoms with Crippen LogP contribution in [-0.4, -0.2) is 63.0 Å². The van der Waals surface area contributed by atoms with Crippen molar-refractivity contribution in [2.75, 3.05) is 0 Å². The van der Waals surface area contributed by atoms with E-state index in [-0.39, 0.29) is 35.9 Å². The summed E-state index contributed by atoms with van der Waals surface area (Å²) in [6, 6.07) is 26.6. The molecular weight excluding hydrogens is 689 g/mol. The van der Waals surface area contributed by atoms with Crippen LogP contribution in [0.1, 0.15) is 33.4 Å². The van der Waals surface area contributed by atoms with Crippen LogP contribution in [0, 0.1) is 0 Å². The molecule has 0 spiro atoms. The highest BCUT2D eigenvalue weighted by Crippen LogP contribution is 2.24. The maximum atomic E-state index is 13.9. The van der Waals surface area contributed by atoms with E-state index < -0.39 is 47.8 Å². The highest BCUT2D eigenvalue weighted by molar-refractivity contribution is 7.20. The number of rotatable bonds is 12. The average molecular weight is 723 g/mol. The van der Waals surface area contributed by atoms with Gasteiger partial charge in [-0.05, 0) is 53.1 Å². The molecule has 2 unspecified atom stereocenters. The molecule has 266 valence electrons. The Hall–Kier alpha value is -6.61. The molecule has 2 atom stereocenters. The monoisotopic (exact) mass is 722 g/mol. The van der Waals surface area contributed by atoms with Crippen molar-refractivity contribution in [2.45, 2.75) is 38.5 Å². The fourth-order valence-electron chi connectivity index (χ4n) is 5.05. The Labute approximate surface area is 301 Å². The number of ether oxygens (including phenoxy) is 1. The number of nitrogens with zero attached hydrogens (tertiary/aromatic N) is 2. The van der Waals surface area contributed by atoms with Crippen molar-refractivity contribution in [3.05, 3.63) is 125 Å². The molecule has 4 amide bonds. The molecule has 14 nitrogen and oxygen atoms in total. The number of carboxylic acid groups (broad SMARTS) is 1. The first-order chi connectivity index (χ1) is 25.0. The summed E-state index contributed by atoms with van der Waals surface area (Å²) in [6.45, 7) is 1.24. The van der Waals surface area contributed by atoms with E-state index in [1.807, 2.05) is 29.6 Å². The molecule has 6 N–H and O–H groups in total. The molecule has 1 heterocycles. The number of thiazole rings is 1. The van der Waals surface area contributed by atoms with E-state index in [1.165, 1.54) is 30.4 Å². The number of carbonyl (C=O) groups is 5. The zero-order chi connectivity index (χ0) is 37.0. The van der Waals surface area contributed by atoms with Crippen molar-refractivity contribution < 1.29 is 38.9 Å². The predicted molar refractivity (Wildman–Crippen MR) is 193 cm³/mol. The van der Waals surface area contributed by atoms with Crippen LogP contribution < -0.4 is 21.3 Å². The van der Waals surface area contributed by atoms with Gasteiger partial charge in [-0.15, -0.1) is 11.3 Å². The Balaban J connectivity index is 1.35. The summed E-state index contributed by atoms with van der Waals surface area (Å²) in [5, 5.41) is 28.9. The lowest BCUT2D eigenvalue weighted by molar-refractivity contribution is -0.128. The molecule has 0 aliphatic heterocycles. The Bertz CT molecular complexity index is 2050. The van der Waals surface area contributed by atoms with E-state index in [0.29, 0.717) is 16.6 Å². The molecule has 0 bridgehead atoms. The number of amides is 4. The van der Waals surface area contributed by atoms with Crippen LogP contribution in [0.25, 0.3) is 10.2 Å². The Morgan fingerprint density at radius 2 is 1.40 bits per heavy atom. The molecule has 0 saturated heterocycles. The zero-order valence-corrected chi connectivity index (χ0v) is 28.6. The highest BCUT2D eigenvalue weighted by atomic mass is 32.1. The number of alkyl carbamates (subject to hydrolysis) is 1. The Morgan fingerprint density at radius 3 is 2.06 bits per heavy atom. The summed E-state index contributed by atoms with van der Waals surface area (Å²) < 4.78 is 5.95. The van der Waals surface area contributed by atoms with Crippen LogP contribution in [0.5, 0.6) is 5.75 Å². The van der Waals surface area contributed by atoms with Crippen molar-refractivity contribution >= 4 is 63.0 Å². The molecule has 0 aliphatic rings. The summed E-state index contributed by atoms with van der Waals surface area (Å²) in [6.07, 6.45) is -2.27. The first kappa shape index (κ1) is 36.7. The van der Waals surface area contributed by atoms with Crippen LogP contribution in [0.2, 0.25) is 0 Å². The van der Waals surface area contributed by atoms with Gasteiger partial charge in [0, 0.05) is 19.8 Å². The van der Waals surface area contributed by atoms with Gasteiger partial charge in [0.05, 0.1) is 21.9 Å². The number of hydrogen-bond acceptors (Lipinski definition) is 10. The minimum Gasteiger partial charge on any atom is -0.508 e. The fraction of sp³-hybridized carbons (Fsp3) is 0.162. The maximum absolute atomic E-state index is 13.9. The number of benzene rings is 4. The lowest BCUT2D eigenvalue weighted by Crippen LogP contribution is -2.52. The lowest BCUT2D eigenvalue weighted by Gasteiger charge is -2.22. The molecule has 52 heavy (non-hydrogen) atoms. The molecule has 5 rings (SSSR count). The number of hydrogen-bond donors (Lipinski definition) is 6. The molecule has 15 heteroatoms. The number of carbonyl (C=O) groups excluding carboxylic acids is 4. The molecule has 5 aromatic rings. The molecule has 4 aromatic carbocycles. The normalized spacial score (nSPS) is 12.3. The van der Waals surface area contributed by atoms with Gasteiger partial charge in [0.1, 0.15) is 18.4 Å². The van der Waals surface area contributed by atoms with Crippen LogP contribution in [-0.2, 0) is 33.8 Å². The number of phenols is 1. The van der Waals surface area contributed by atoms with Gasteiger partial charge in [-0.2, -0.15) is 0 Å². The first-order valence-corrected chi connectivity index (χ1v) is 16.7. The SMILES string of the molecule is CC(=O)NC(Cc1ccc(O)cc1)C(=O)NC(Cc1ccc(N=C(NC(=O)O)NC(=O)OCc2ccccc2)cc1)C(=O)c1nc2ccccc2s1. The summed E-state index contributed by atoms with van der Waals surface area (Å²) in [7, 11) is 0. The van der Waals surface area contributed by atoms with Gasteiger partial charge in [-0.1, -0.05) is 66.7 Å². The number of phenolic OH excluding ortho intramolecular Hbond substituents is 1. The molecular formula is C37H34N6O8S. The van der Waals surface area contributed by atoms with E-state index in [2.05, 4.69) is 25.9 Å². The third-order valence-electron chi connectivity index (χ3n) is 7.48. The second-order valence-electron chi connectivity index (χ2n) is 11.5. The number of Topliss-reactive ketones (excluding diaryl/α,β-unsaturated/α-hetero) is 1. The lowest BCUT2D eigenvalue weighted by atomic mass is 10.00. The molecule has 0 aliphatic carbocycles. The molecule has 1 aromatic heterocycles. The standard InChI is InChI=1S/C37H34N6O8S/c1-22(44)38-30(20-24-13-17-27(45)18-14-24)33(47)40-29(32(46)34-41-28-9-5-6-10-31(28)52-34)19-23-11-15-26(16-12-23)39-35(42-36(48)49)43-37(50)51-21-25-7-3-2-4-8-25/h2-18,29-30,45H,19-21H2,1H3,(H,38,44)(H,40,47)(H,48,49)(H2,39,42,43,50). The Kier molecular flexibility index (Phi) is 12.2. The van der Waals surface area contributed by atoms with Gasteiger partial charge in [0.2, 0.25) is 23.6 Å². The van der Waals surface area contributed by atoms with Gasteiger partial charge in [-0.25, -0.2) is 19.6 Å². The highest BCUT2D eigenvalue weighted by Gasteiger charge is 2.29. The third-order valence-corrected chi connectivity index (χ3v) is 8.53. The van der Waals surface area contributed by atoms with Gasteiger partial charge in [-0.3, -0.25) is 25.0 Å². The largest absolute Gasteiger partial charge is 0.508 e. The van der Waals surface area contributed by atoms with Crippen molar-refractivity contribution in [1.82, 2.24) is 26.3 Å². The van der Waals surface area contributed by atoms with E-state index in [0.717, 1.165) is 10.3 Å². The van der Waals surface area contributed by atoms with E-state index in [9.17, 15) is 34.2 Å². The van der Waals surface area contributed by atoms with Crippen molar-refractivity contribution in [3.63, 3.8) is 0 Å². The van der Waals surface area contributed by atoms with Crippen LogP contribution in [0.4, 0.5) is 15.3 Å². The minimum atomic E-state index is -1.46. The Morgan fingerprint density at radius 1 is 0.769 bits per heavy atom. The van der Waals surface area contributed by atoms with E-state index in [1.54, 1.807) is 66.7 Å². The third kappa shape index (κ3) is 10.7. The number of nitrogens with one attached hydrogen (secondary N) is 4. The van der Waals surface area contributed by atoms with E-state index >= 15 is 0 Å². The average Bonchev–Trinajstić information content (AvgIpc) is 3.56. The maximum Gasteiger partial charge on any atom is 0.414 e. The number of fused-ring (bicyclic) bond motifs is 1. The fourth-order valence-corrected chi connectivity index (χ4v) is 6.01. The van der Waals surface area contributed by atoms with Gasteiger partial charge in [0.15, 0.2) is 5.01 Å². The topological polar surface area (TPSA) is 208 Å². The summed E-state index contributed by atoms with van der Waals surface area (Å²) in [5.41, 5.74) is 2.91. The second-order valence-corrected chi connectivity index (χ2v) is 12.5. The quantitative estimate of drug-likeness (QED) is 0.0591. The van der Waals surface area contributed by atoms with Crippen LogP contribution in [0.3, 0.4) is 0 Å². The number of para-hydroxylation sites is 1. The zero-order valence-electron chi connectivity index (χ0n) is 27.7. The molecule has 0 radical (unpaired) electrons. The summed E-state index contributed by atoms with van der Waals surface area (Å²) >= 11 is 1.19. The van der Waals surface area contributed by atoms with Crippen LogP contribution >= 0.6 is 11.3 Å². The van der Waals surface area contributed by atoms with Crippen LogP contribution in [0.15, 0.2) is 108 Å². The number of aromatic hydroxyl groups is 1. The van der Waals surface area contributed by atoms with Crippen molar-refractivity contribution in [2.24, 2.45) is 4.99 Å². The molecule has 0 fully saturated rings. The second kappa shape index (κ2) is 17.4. The first-order valence-electron chi connectivity index (χ1n) is 15.9. The van der Waals surface area contributed by atoms with Gasteiger partial charge in [0.25, 0.3) is 0 Å². The summed E-state index contributed by atoms with van der Waals surface area (Å²) in [5.74, 6) is -1.83. The van der Waals surface area contributed by atoms with Crippen molar-refractivity contribution in [1.29, 1.82) is 0 Å². The van der Waals surface area contributed by atoms with E-state index in [4.69, 9.17) is 4.74 Å². The number of aliphatic imine (C=N–C) groups is 1. The number of aromatic nitrogens is 1. The summed E-state index contributed by atoms with van der Waals surface area (Å²) in [4.78, 5) is 72.1. The van der Waals surface area contributed by atoms with Crippen molar-refractivity contribution in [3.8, 4) is 5.75 Å².